The molecule has 0 aromatic heterocycles. The molecule has 2 rings (SSSR count). The molecule has 3 N–H and O–H groups in total. The summed E-state index contributed by atoms with van der Waals surface area (Å²) < 4.78 is 5.15. The molecule has 0 atom stereocenters. The second-order valence-corrected chi connectivity index (χ2v) is 4.43. The van der Waals surface area contributed by atoms with Crippen LogP contribution in [0.2, 0.25) is 0 Å². The van der Waals surface area contributed by atoms with Gasteiger partial charge in [-0.2, -0.15) is 5.26 Å². The zero-order valence-corrected chi connectivity index (χ0v) is 11.6. The molecule has 0 unspecified atom stereocenters. The Morgan fingerprint density at radius 2 is 1.95 bits per heavy atom. The van der Waals surface area contributed by atoms with Crippen LogP contribution in [0, 0.1) is 11.3 Å². The first kappa shape index (κ1) is 15.1. The molecule has 110 valence electrons. The van der Waals surface area contributed by atoms with Crippen molar-refractivity contribution in [3.8, 4) is 11.8 Å². The minimum absolute atomic E-state index is 0.255. The van der Waals surface area contributed by atoms with Gasteiger partial charge in [-0.1, -0.05) is 12.1 Å². The first-order valence-corrected chi connectivity index (χ1v) is 6.41. The Bertz CT molecular complexity index is 750. The molecule has 2 aromatic carbocycles. The van der Waals surface area contributed by atoms with Crippen molar-refractivity contribution in [1.29, 1.82) is 5.26 Å². The van der Waals surface area contributed by atoms with Crippen LogP contribution in [0.5, 0.6) is 5.75 Å². The van der Waals surface area contributed by atoms with E-state index in [0.717, 1.165) is 0 Å². The second kappa shape index (κ2) is 6.90. The Hall–Kier alpha value is -3.33. The number of ether oxygens (including phenoxy) is 1. The summed E-state index contributed by atoms with van der Waals surface area (Å²) in [5.41, 5.74) is 6.34. The molecule has 0 heterocycles. The van der Waals surface area contributed by atoms with Crippen molar-refractivity contribution in [1.82, 2.24) is 0 Å². The lowest BCUT2D eigenvalue weighted by molar-refractivity contribution is -0.119. The Labute approximate surface area is 127 Å². The Morgan fingerprint density at radius 3 is 2.68 bits per heavy atom. The minimum atomic E-state index is -0.594. The number of nitrogens with zero attached hydrogens (tertiary/aromatic N) is 1. The Morgan fingerprint density at radius 1 is 1.18 bits per heavy atom. The summed E-state index contributed by atoms with van der Waals surface area (Å²) in [6.45, 7) is -0.255. The smallest absolute Gasteiger partial charge is 0.255 e. The van der Waals surface area contributed by atoms with E-state index in [9.17, 15) is 9.59 Å². The van der Waals surface area contributed by atoms with E-state index in [1.54, 1.807) is 42.5 Å². The number of anilines is 1. The molecule has 0 aliphatic carbocycles. The van der Waals surface area contributed by atoms with Crippen molar-refractivity contribution >= 4 is 17.5 Å². The van der Waals surface area contributed by atoms with Gasteiger partial charge in [0.15, 0.2) is 6.61 Å². The lowest BCUT2D eigenvalue weighted by atomic mass is 10.2. The minimum Gasteiger partial charge on any atom is -0.484 e. The third-order valence-corrected chi connectivity index (χ3v) is 2.73. The maximum absolute atomic E-state index is 12.2. The van der Waals surface area contributed by atoms with Gasteiger partial charge in [0.05, 0.1) is 11.6 Å². The van der Waals surface area contributed by atoms with Crippen LogP contribution in [0.25, 0.3) is 0 Å². The summed E-state index contributed by atoms with van der Waals surface area (Å²) in [5.74, 6) is -0.569. The average Bonchev–Trinajstić information content (AvgIpc) is 2.53. The topological polar surface area (TPSA) is 105 Å². The van der Waals surface area contributed by atoms with Crippen molar-refractivity contribution < 1.29 is 14.3 Å². The molecular weight excluding hydrogens is 282 g/mol. The molecule has 2 amide bonds. The number of carbonyl (C=O) groups is 2. The lowest BCUT2D eigenvalue weighted by Gasteiger charge is -2.08. The van der Waals surface area contributed by atoms with E-state index in [-0.39, 0.29) is 12.5 Å². The number of rotatable bonds is 5. The molecule has 22 heavy (non-hydrogen) atoms. The van der Waals surface area contributed by atoms with Gasteiger partial charge in [-0.05, 0) is 36.4 Å². The third-order valence-electron chi connectivity index (χ3n) is 2.73. The van der Waals surface area contributed by atoms with E-state index in [1.165, 1.54) is 6.07 Å². The van der Waals surface area contributed by atoms with E-state index in [4.69, 9.17) is 15.7 Å². The van der Waals surface area contributed by atoms with E-state index in [1.807, 2.05) is 6.07 Å². The molecule has 6 nitrogen and oxygen atoms in total. The highest BCUT2D eigenvalue weighted by Crippen LogP contribution is 2.16. The van der Waals surface area contributed by atoms with Crippen molar-refractivity contribution in [2.24, 2.45) is 5.73 Å². The van der Waals surface area contributed by atoms with E-state index in [2.05, 4.69) is 5.32 Å². The first-order valence-electron chi connectivity index (χ1n) is 6.41. The molecule has 6 heteroatoms. The van der Waals surface area contributed by atoms with Gasteiger partial charge < -0.3 is 15.8 Å². The van der Waals surface area contributed by atoms with Crippen LogP contribution >= 0.6 is 0 Å². The van der Waals surface area contributed by atoms with Gasteiger partial charge in [0, 0.05) is 11.3 Å². The monoisotopic (exact) mass is 295 g/mol. The van der Waals surface area contributed by atoms with Crippen LogP contribution in [-0.4, -0.2) is 18.4 Å². The molecule has 2 aromatic rings. The number of nitriles is 1. The summed E-state index contributed by atoms with van der Waals surface area (Å²) in [4.78, 5) is 22.8. The quantitative estimate of drug-likeness (QED) is 0.875. The number of carbonyl (C=O) groups excluding carboxylic acids is 2. The Kier molecular flexibility index (Phi) is 4.73. The molecule has 0 aliphatic rings. The van der Waals surface area contributed by atoms with Crippen LogP contribution < -0.4 is 15.8 Å². The zero-order chi connectivity index (χ0) is 15.9. The Balaban J connectivity index is 2.10. The fraction of sp³-hybridized carbons (Fsp3) is 0.0625. The van der Waals surface area contributed by atoms with Crippen molar-refractivity contribution in [2.45, 2.75) is 0 Å². The predicted molar refractivity (Wildman–Crippen MR) is 80.2 cm³/mol. The van der Waals surface area contributed by atoms with Crippen LogP contribution in [0.4, 0.5) is 5.69 Å². The van der Waals surface area contributed by atoms with E-state index < -0.39 is 5.91 Å². The van der Waals surface area contributed by atoms with Crippen molar-refractivity contribution in [2.75, 3.05) is 11.9 Å². The van der Waals surface area contributed by atoms with Gasteiger partial charge in [-0.25, -0.2) is 0 Å². The number of nitrogens with one attached hydrogen (secondary N) is 1. The maximum Gasteiger partial charge on any atom is 0.255 e. The van der Waals surface area contributed by atoms with Crippen molar-refractivity contribution in [3.05, 3.63) is 59.7 Å². The van der Waals surface area contributed by atoms with Gasteiger partial charge in [0.1, 0.15) is 5.75 Å². The number of hydrogen-bond acceptors (Lipinski definition) is 4. The van der Waals surface area contributed by atoms with Crippen LogP contribution in [0.3, 0.4) is 0 Å². The fourth-order valence-electron chi connectivity index (χ4n) is 1.75. The van der Waals surface area contributed by atoms with Crippen LogP contribution in [0.15, 0.2) is 48.5 Å². The van der Waals surface area contributed by atoms with Crippen LogP contribution in [0.1, 0.15) is 15.9 Å². The largest absolute Gasteiger partial charge is 0.484 e. The van der Waals surface area contributed by atoms with Gasteiger partial charge in [0.2, 0.25) is 0 Å². The number of nitrogens with two attached hydrogens (primary N) is 1. The van der Waals surface area contributed by atoms with E-state index >= 15 is 0 Å². The van der Waals surface area contributed by atoms with Gasteiger partial charge in [-0.3, -0.25) is 9.59 Å². The highest BCUT2D eigenvalue weighted by Gasteiger charge is 2.08. The molecule has 0 bridgehead atoms. The van der Waals surface area contributed by atoms with Gasteiger partial charge in [0.25, 0.3) is 11.8 Å². The number of amides is 2. The third kappa shape index (κ3) is 4.08. The van der Waals surface area contributed by atoms with Crippen LogP contribution in [-0.2, 0) is 4.79 Å². The maximum atomic E-state index is 12.2. The standard InChI is InChI=1S/C16H13N3O3/c17-9-11-3-1-5-13(7-11)19-16(21)12-4-2-6-14(8-12)22-10-15(18)20/h1-8H,10H2,(H2,18,20)(H,19,21). The molecular formula is C16H13N3O3. The summed E-state index contributed by atoms with van der Waals surface area (Å²) in [6.07, 6.45) is 0. The number of primary amides is 1. The molecule has 0 saturated carbocycles. The summed E-state index contributed by atoms with van der Waals surface area (Å²) >= 11 is 0. The van der Waals surface area contributed by atoms with Gasteiger partial charge in [-0.15, -0.1) is 0 Å². The molecule has 0 spiro atoms. The molecule has 0 fully saturated rings. The number of hydrogen-bond donors (Lipinski definition) is 2. The zero-order valence-electron chi connectivity index (χ0n) is 11.6. The highest BCUT2D eigenvalue weighted by molar-refractivity contribution is 6.04. The number of benzene rings is 2. The summed E-state index contributed by atoms with van der Waals surface area (Å²) in [5, 5.41) is 11.5. The predicted octanol–water partition coefficient (Wildman–Crippen LogP) is 1.67. The molecule has 0 saturated heterocycles. The van der Waals surface area contributed by atoms with Crippen molar-refractivity contribution in [3.63, 3.8) is 0 Å². The first-order chi connectivity index (χ1) is 10.6. The fourth-order valence-corrected chi connectivity index (χ4v) is 1.75. The highest BCUT2D eigenvalue weighted by atomic mass is 16.5. The summed E-state index contributed by atoms with van der Waals surface area (Å²) in [7, 11) is 0. The average molecular weight is 295 g/mol. The normalized spacial score (nSPS) is 9.59. The lowest BCUT2D eigenvalue weighted by Crippen LogP contribution is -2.20. The van der Waals surface area contributed by atoms with E-state index in [0.29, 0.717) is 22.6 Å². The SMILES string of the molecule is N#Cc1cccc(NC(=O)c2cccc(OCC(N)=O)c2)c1. The second-order valence-electron chi connectivity index (χ2n) is 4.43. The van der Waals surface area contributed by atoms with Gasteiger partial charge >= 0.3 is 0 Å². The molecule has 0 aliphatic heterocycles. The molecule has 0 radical (unpaired) electrons. The summed E-state index contributed by atoms with van der Waals surface area (Å²) in [6, 6.07) is 15.0.